The summed E-state index contributed by atoms with van der Waals surface area (Å²) in [5, 5.41) is 3.16. The lowest BCUT2D eigenvalue weighted by molar-refractivity contribution is -0.134. The van der Waals surface area contributed by atoms with Crippen molar-refractivity contribution in [2.24, 2.45) is 0 Å². The molecule has 3 aromatic carbocycles. The minimum absolute atomic E-state index is 0.115. The van der Waals surface area contributed by atoms with Gasteiger partial charge in [-0.15, -0.1) is 0 Å². The molecular formula is C28H20N2O7. The SMILES string of the molecule is O=C(CCN1C(=O)c2ccccc2C1=O)Oc1ccc2cc(C(=O)NCc3ccccc3)c(=O)oc2c1. The second-order valence-corrected chi connectivity index (χ2v) is 8.35. The van der Waals surface area contributed by atoms with Gasteiger partial charge in [-0.05, 0) is 35.9 Å². The van der Waals surface area contributed by atoms with Gasteiger partial charge in [0.2, 0.25) is 0 Å². The van der Waals surface area contributed by atoms with Crippen LogP contribution in [-0.4, -0.2) is 35.1 Å². The molecule has 1 N–H and O–H groups in total. The van der Waals surface area contributed by atoms with E-state index in [1.54, 1.807) is 30.3 Å². The molecule has 1 aliphatic heterocycles. The number of esters is 1. The summed E-state index contributed by atoms with van der Waals surface area (Å²) in [5.41, 5.74) is 0.657. The molecule has 0 fully saturated rings. The van der Waals surface area contributed by atoms with Crippen LogP contribution in [0.25, 0.3) is 11.0 Å². The fraction of sp³-hybridized carbons (Fsp3) is 0.107. The van der Waals surface area contributed by atoms with Crippen molar-refractivity contribution in [2.45, 2.75) is 13.0 Å². The van der Waals surface area contributed by atoms with Gasteiger partial charge in [0.1, 0.15) is 16.9 Å². The second-order valence-electron chi connectivity index (χ2n) is 8.35. The van der Waals surface area contributed by atoms with Gasteiger partial charge < -0.3 is 14.5 Å². The summed E-state index contributed by atoms with van der Waals surface area (Å²) in [4.78, 5) is 63.2. The predicted octanol–water partition coefficient (Wildman–Crippen LogP) is 3.31. The molecule has 0 unspecified atom stereocenters. The van der Waals surface area contributed by atoms with Gasteiger partial charge in [0.25, 0.3) is 17.7 Å². The summed E-state index contributed by atoms with van der Waals surface area (Å²) < 4.78 is 10.6. The van der Waals surface area contributed by atoms with Crippen molar-refractivity contribution in [3.8, 4) is 5.75 Å². The Labute approximate surface area is 210 Å². The third-order valence-corrected chi connectivity index (χ3v) is 5.90. The number of imide groups is 1. The molecule has 0 bridgehead atoms. The normalized spacial score (nSPS) is 12.5. The van der Waals surface area contributed by atoms with Gasteiger partial charge in [0, 0.05) is 24.5 Å². The van der Waals surface area contributed by atoms with Gasteiger partial charge in [-0.25, -0.2) is 4.79 Å². The van der Waals surface area contributed by atoms with Crippen LogP contribution in [0.15, 0.2) is 88.1 Å². The molecule has 0 spiro atoms. The fourth-order valence-electron chi connectivity index (χ4n) is 4.01. The Morgan fingerprint density at radius 3 is 2.22 bits per heavy atom. The van der Waals surface area contributed by atoms with Crippen LogP contribution in [0.5, 0.6) is 5.75 Å². The predicted molar refractivity (Wildman–Crippen MR) is 132 cm³/mol. The van der Waals surface area contributed by atoms with E-state index in [0.717, 1.165) is 10.5 Å². The number of ether oxygens (including phenoxy) is 1. The first kappa shape index (κ1) is 23.7. The van der Waals surface area contributed by atoms with E-state index in [2.05, 4.69) is 5.32 Å². The lowest BCUT2D eigenvalue weighted by atomic mass is 10.1. The zero-order chi connectivity index (χ0) is 25.9. The molecule has 0 radical (unpaired) electrons. The summed E-state index contributed by atoms with van der Waals surface area (Å²) >= 11 is 0. The van der Waals surface area contributed by atoms with Crippen molar-refractivity contribution in [3.05, 3.63) is 112 Å². The maximum Gasteiger partial charge on any atom is 0.349 e. The minimum atomic E-state index is -0.827. The van der Waals surface area contributed by atoms with Crippen molar-refractivity contribution in [1.82, 2.24) is 10.2 Å². The Kier molecular flexibility index (Phi) is 6.34. The highest BCUT2D eigenvalue weighted by Crippen LogP contribution is 2.24. The number of carbonyl (C=O) groups excluding carboxylic acids is 4. The van der Waals surface area contributed by atoms with Crippen molar-refractivity contribution < 1.29 is 28.3 Å². The number of benzene rings is 3. The maximum absolute atomic E-state index is 12.5. The van der Waals surface area contributed by atoms with E-state index in [-0.39, 0.29) is 36.4 Å². The zero-order valence-electron chi connectivity index (χ0n) is 19.4. The van der Waals surface area contributed by atoms with Crippen LogP contribution in [0.1, 0.15) is 43.1 Å². The van der Waals surface area contributed by atoms with E-state index < -0.39 is 29.3 Å². The average molecular weight is 496 g/mol. The highest BCUT2D eigenvalue weighted by molar-refractivity contribution is 6.21. The molecule has 4 aromatic rings. The largest absolute Gasteiger partial charge is 0.426 e. The standard InChI is InChI=1S/C28H20N2O7/c31-24(12-13-30-26(33)20-8-4-5-9-21(20)27(30)34)36-19-11-10-18-14-22(28(35)37-23(18)15-19)25(32)29-16-17-6-2-1-3-7-17/h1-11,14-15H,12-13,16H2,(H,29,32). The van der Waals surface area contributed by atoms with Crippen LogP contribution in [0.2, 0.25) is 0 Å². The molecule has 0 atom stereocenters. The quantitative estimate of drug-likeness (QED) is 0.180. The third kappa shape index (κ3) is 4.87. The molecule has 9 heteroatoms. The van der Waals surface area contributed by atoms with Gasteiger partial charge in [-0.3, -0.25) is 24.1 Å². The topological polar surface area (TPSA) is 123 Å². The van der Waals surface area contributed by atoms with E-state index in [9.17, 15) is 24.0 Å². The summed E-state index contributed by atoms with van der Waals surface area (Å²) in [6, 6.07) is 21.6. The van der Waals surface area contributed by atoms with E-state index in [1.807, 2.05) is 30.3 Å². The number of nitrogens with zero attached hydrogens (tertiary/aromatic N) is 1. The highest BCUT2D eigenvalue weighted by Gasteiger charge is 2.35. The van der Waals surface area contributed by atoms with Crippen LogP contribution >= 0.6 is 0 Å². The van der Waals surface area contributed by atoms with Gasteiger partial charge >= 0.3 is 11.6 Å². The van der Waals surface area contributed by atoms with E-state index in [4.69, 9.17) is 9.15 Å². The number of carbonyl (C=O) groups is 4. The fourth-order valence-corrected chi connectivity index (χ4v) is 4.01. The maximum atomic E-state index is 12.5. The number of hydrogen-bond acceptors (Lipinski definition) is 7. The molecule has 184 valence electrons. The molecule has 0 saturated heterocycles. The monoisotopic (exact) mass is 496 g/mol. The van der Waals surface area contributed by atoms with Crippen LogP contribution in [0, 0.1) is 0 Å². The Morgan fingerprint density at radius 1 is 0.838 bits per heavy atom. The van der Waals surface area contributed by atoms with Gasteiger partial charge in [0.15, 0.2) is 0 Å². The molecule has 0 aliphatic carbocycles. The first-order valence-electron chi connectivity index (χ1n) is 11.5. The molecule has 5 rings (SSSR count). The molecule has 9 nitrogen and oxygen atoms in total. The number of hydrogen-bond donors (Lipinski definition) is 1. The molecular weight excluding hydrogens is 476 g/mol. The first-order chi connectivity index (χ1) is 17.9. The van der Waals surface area contributed by atoms with E-state index in [0.29, 0.717) is 16.5 Å². The lowest BCUT2D eigenvalue weighted by Gasteiger charge is -2.13. The first-order valence-corrected chi connectivity index (χ1v) is 11.5. The van der Waals surface area contributed by atoms with Crippen LogP contribution in [0.3, 0.4) is 0 Å². The summed E-state index contributed by atoms with van der Waals surface area (Å²) in [6.07, 6.45) is -0.214. The van der Waals surface area contributed by atoms with Gasteiger partial charge in [-0.1, -0.05) is 42.5 Å². The summed E-state index contributed by atoms with van der Waals surface area (Å²) in [5.74, 6) is -2.03. The average Bonchev–Trinajstić information content (AvgIpc) is 3.15. The second kappa shape index (κ2) is 9.90. The Bertz CT molecular complexity index is 1570. The van der Waals surface area contributed by atoms with Crippen LogP contribution in [0.4, 0.5) is 0 Å². The van der Waals surface area contributed by atoms with E-state index >= 15 is 0 Å². The van der Waals surface area contributed by atoms with Crippen molar-refractivity contribution >= 4 is 34.7 Å². The van der Waals surface area contributed by atoms with Crippen LogP contribution < -0.4 is 15.7 Å². The Hall–Kier alpha value is -5.05. The third-order valence-electron chi connectivity index (χ3n) is 5.90. The number of nitrogens with one attached hydrogen (secondary N) is 1. The molecule has 2 heterocycles. The van der Waals surface area contributed by atoms with E-state index in [1.165, 1.54) is 18.2 Å². The molecule has 1 aromatic heterocycles. The minimum Gasteiger partial charge on any atom is -0.426 e. The lowest BCUT2D eigenvalue weighted by Crippen LogP contribution is -2.32. The molecule has 1 aliphatic rings. The van der Waals surface area contributed by atoms with Gasteiger partial charge in [-0.2, -0.15) is 0 Å². The van der Waals surface area contributed by atoms with Crippen LogP contribution in [-0.2, 0) is 11.3 Å². The summed E-state index contributed by atoms with van der Waals surface area (Å²) in [7, 11) is 0. The number of amides is 3. The molecule has 0 saturated carbocycles. The Morgan fingerprint density at radius 2 is 1.51 bits per heavy atom. The highest BCUT2D eigenvalue weighted by atomic mass is 16.5. The van der Waals surface area contributed by atoms with Gasteiger partial charge in [0.05, 0.1) is 17.5 Å². The molecule has 37 heavy (non-hydrogen) atoms. The number of rotatable bonds is 7. The van der Waals surface area contributed by atoms with Crippen molar-refractivity contribution in [1.29, 1.82) is 0 Å². The van der Waals surface area contributed by atoms with Crippen molar-refractivity contribution in [2.75, 3.05) is 6.54 Å². The molecule has 3 amide bonds. The zero-order valence-corrected chi connectivity index (χ0v) is 19.4. The summed E-state index contributed by atoms with van der Waals surface area (Å²) in [6.45, 7) is 0.127. The van der Waals surface area contributed by atoms with Crippen molar-refractivity contribution in [3.63, 3.8) is 0 Å². The number of fused-ring (bicyclic) bond motifs is 2. The smallest absolute Gasteiger partial charge is 0.349 e. The Balaban J connectivity index is 1.22.